The summed E-state index contributed by atoms with van der Waals surface area (Å²) in [6, 6.07) is 11.3. The molecule has 0 bridgehead atoms. The molecule has 0 atom stereocenters. The van der Waals surface area contributed by atoms with Crippen LogP contribution >= 0.6 is 11.3 Å². The lowest BCUT2D eigenvalue weighted by Gasteiger charge is -2.09. The third-order valence-corrected chi connectivity index (χ3v) is 3.28. The molecule has 0 aliphatic carbocycles. The van der Waals surface area contributed by atoms with Gasteiger partial charge in [-0.15, -0.1) is 11.3 Å². The van der Waals surface area contributed by atoms with Gasteiger partial charge in [0.15, 0.2) is 0 Å². The van der Waals surface area contributed by atoms with Gasteiger partial charge in [0.1, 0.15) is 5.75 Å². The molecule has 2 N–H and O–H groups in total. The lowest BCUT2D eigenvalue weighted by molar-refractivity contribution is -0.119. The Kier molecular flexibility index (Phi) is 5.14. The molecule has 0 unspecified atom stereocenters. The number of rotatable bonds is 6. The average Bonchev–Trinajstić information content (AvgIpc) is 2.98. The minimum Gasteiger partial charge on any atom is -0.495 e. The summed E-state index contributed by atoms with van der Waals surface area (Å²) < 4.78 is 5.19. The third kappa shape index (κ3) is 4.10. The van der Waals surface area contributed by atoms with E-state index in [1.54, 1.807) is 24.7 Å². The normalized spacial score (nSPS) is 10.4. The number of hydrogen-bond acceptors (Lipinski definition) is 5. The van der Waals surface area contributed by atoms with Crippen molar-refractivity contribution in [1.29, 1.82) is 0 Å². The first-order chi connectivity index (χ1) is 9.79. The highest BCUT2D eigenvalue weighted by atomic mass is 32.1. The van der Waals surface area contributed by atoms with E-state index in [1.165, 1.54) is 0 Å². The lowest BCUT2D eigenvalue weighted by Crippen LogP contribution is -2.25. The fourth-order valence-electron chi connectivity index (χ4n) is 1.54. The van der Waals surface area contributed by atoms with E-state index in [0.29, 0.717) is 5.75 Å². The van der Waals surface area contributed by atoms with E-state index in [-0.39, 0.29) is 12.5 Å². The molecule has 1 aromatic carbocycles. The van der Waals surface area contributed by atoms with E-state index < -0.39 is 0 Å². The van der Waals surface area contributed by atoms with Crippen LogP contribution in [0.4, 0.5) is 5.69 Å². The summed E-state index contributed by atoms with van der Waals surface area (Å²) in [5.74, 6) is 0.478. The van der Waals surface area contributed by atoms with Crippen LogP contribution in [0.25, 0.3) is 0 Å². The molecule has 1 aromatic heterocycles. The zero-order chi connectivity index (χ0) is 14.2. The SMILES string of the molecule is COc1ccccc1NCC(=O)N/N=C/c1cccs1. The molecule has 0 aliphatic rings. The van der Waals surface area contributed by atoms with E-state index in [4.69, 9.17) is 4.74 Å². The summed E-state index contributed by atoms with van der Waals surface area (Å²) in [6.07, 6.45) is 1.62. The van der Waals surface area contributed by atoms with Gasteiger partial charge >= 0.3 is 0 Å². The Morgan fingerprint density at radius 1 is 1.35 bits per heavy atom. The van der Waals surface area contributed by atoms with Crippen LogP contribution in [0.3, 0.4) is 0 Å². The van der Waals surface area contributed by atoms with Crippen molar-refractivity contribution in [2.45, 2.75) is 0 Å². The largest absolute Gasteiger partial charge is 0.495 e. The van der Waals surface area contributed by atoms with Crippen molar-refractivity contribution >= 4 is 29.1 Å². The predicted molar refractivity (Wildman–Crippen MR) is 81.5 cm³/mol. The average molecular weight is 289 g/mol. The first kappa shape index (κ1) is 14.1. The Bertz CT molecular complexity index is 582. The monoisotopic (exact) mass is 289 g/mol. The van der Waals surface area contributed by atoms with Crippen molar-refractivity contribution in [2.75, 3.05) is 19.0 Å². The number of carbonyl (C=O) groups is 1. The van der Waals surface area contributed by atoms with Crippen LogP contribution in [-0.4, -0.2) is 25.8 Å². The molecule has 0 radical (unpaired) electrons. The standard InChI is InChI=1S/C14H15N3O2S/c1-19-13-7-3-2-6-12(13)15-10-14(18)17-16-9-11-5-4-8-20-11/h2-9,15H,10H2,1H3,(H,17,18)/b16-9+. The third-order valence-electron chi connectivity index (χ3n) is 2.47. The molecule has 0 fully saturated rings. The maximum atomic E-state index is 11.6. The number of benzene rings is 1. The second kappa shape index (κ2) is 7.30. The molecule has 0 spiro atoms. The van der Waals surface area contributed by atoms with Crippen LogP contribution in [0.5, 0.6) is 5.75 Å². The molecule has 104 valence electrons. The van der Waals surface area contributed by atoms with Crippen molar-refractivity contribution < 1.29 is 9.53 Å². The summed E-state index contributed by atoms with van der Waals surface area (Å²) in [7, 11) is 1.59. The van der Waals surface area contributed by atoms with Crippen LogP contribution in [0.1, 0.15) is 4.88 Å². The van der Waals surface area contributed by atoms with Gasteiger partial charge in [-0.05, 0) is 23.6 Å². The maximum Gasteiger partial charge on any atom is 0.259 e. The van der Waals surface area contributed by atoms with Gasteiger partial charge in [-0.1, -0.05) is 18.2 Å². The first-order valence-electron chi connectivity index (χ1n) is 6.02. The fourth-order valence-corrected chi connectivity index (χ4v) is 2.12. The highest BCUT2D eigenvalue weighted by molar-refractivity contribution is 7.11. The van der Waals surface area contributed by atoms with E-state index in [1.807, 2.05) is 41.8 Å². The lowest BCUT2D eigenvalue weighted by atomic mass is 10.3. The number of anilines is 1. The van der Waals surface area contributed by atoms with Crippen molar-refractivity contribution in [1.82, 2.24) is 5.43 Å². The van der Waals surface area contributed by atoms with Gasteiger partial charge in [0.05, 0.1) is 25.6 Å². The van der Waals surface area contributed by atoms with E-state index >= 15 is 0 Å². The molecule has 6 heteroatoms. The minimum atomic E-state index is -0.219. The number of hydrazone groups is 1. The molecule has 0 saturated heterocycles. The zero-order valence-corrected chi connectivity index (χ0v) is 11.8. The Hall–Kier alpha value is -2.34. The number of amides is 1. The molecule has 0 saturated carbocycles. The molecule has 5 nitrogen and oxygen atoms in total. The van der Waals surface area contributed by atoms with Crippen molar-refractivity contribution in [3.63, 3.8) is 0 Å². The molecular formula is C14H15N3O2S. The predicted octanol–water partition coefficient (Wildman–Crippen LogP) is 2.32. The van der Waals surface area contributed by atoms with Crippen LogP contribution in [-0.2, 0) is 4.79 Å². The molecule has 2 aromatic rings. The Balaban J connectivity index is 1.80. The van der Waals surface area contributed by atoms with Crippen LogP contribution in [0, 0.1) is 0 Å². The van der Waals surface area contributed by atoms with Gasteiger partial charge in [-0.25, -0.2) is 5.43 Å². The molecule has 1 heterocycles. The number of carbonyl (C=O) groups excluding carboxylic acids is 1. The second-order valence-electron chi connectivity index (χ2n) is 3.86. The van der Waals surface area contributed by atoms with Crippen molar-refractivity contribution in [2.24, 2.45) is 5.10 Å². The summed E-state index contributed by atoms with van der Waals surface area (Å²) in [4.78, 5) is 12.6. The zero-order valence-electron chi connectivity index (χ0n) is 11.0. The summed E-state index contributed by atoms with van der Waals surface area (Å²) >= 11 is 1.56. The number of nitrogens with one attached hydrogen (secondary N) is 2. The number of hydrogen-bond donors (Lipinski definition) is 2. The number of ether oxygens (including phenoxy) is 1. The van der Waals surface area contributed by atoms with E-state index in [0.717, 1.165) is 10.6 Å². The van der Waals surface area contributed by atoms with Gasteiger partial charge in [-0.3, -0.25) is 4.79 Å². The van der Waals surface area contributed by atoms with Crippen LogP contribution in [0.15, 0.2) is 46.9 Å². The summed E-state index contributed by atoms with van der Waals surface area (Å²) in [6.45, 7) is 0.127. The van der Waals surface area contributed by atoms with Gasteiger partial charge in [0, 0.05) is 4.88 Å². The second-order valence-corrected chi connectivity index (χ2v) is 4.84. The van der Waals surface area contributed by atoms with Gasteiger partial charge in [-0.2, -0.15) is 5.10 Å². The number of methoxy groups -OCH3 is 1. The highest BCUT2D eigenvalue weighted by Gasteiger charge is 2.03. The Morgan fingerprint density at radius 3 is 2.95 bits per heavy atom. The molecule has 2 rings (SSSR count). The molecule has 0 aliphatic heterocycles. The van der Waals surface area contributed by atoms with Crippen molar-refractivity contribution in [3.8, 4) is 5.75 Å². The molecular weight excluding hydrogens is 274 g/mol. The van der Waals surface area contributed by atoms with Gasteiger partial charge < -0.3 is 10.1 Å². The Labute approximate surface area is 121 Å². The summed E-state index contributed by atoms with van der Waals surface area (Å²) in [5, 5.41) is 8.83. The molecule has 20 heavy (non-hydrogen) atoms. The quantitative estimate of drug-likeness (QED) is 0.633. The maximum absolute atomic E-state index is 11.6. The number of para-hydroxylation sites is 2. The van der Waals surface area contributed by atoms with Crippen molar-refractivity contribution in [3.05, 3.63) is 46.7 Å². The highest BCUT2D eigenvalue weighted by Crippen LogP contribution is 2.22. The summed E-state index contributed by atoms with van der Waals surface area (Å²) in [5.41, 5.74) is 3.23. The number of nitrogens with zero attached hydrogens (tertiary/aromatic N) is 1. The van der Waals surface area contributed by atoms with E-state index in [9.17, 15) is 4.79 Å². The fraction of sp³-hybridized carbons (Fsp3) is 0.143. The van der Waals surface area contributed by atoms with E-state index in [2.05, 4.69) is 15.8 Å². The number of thiophene rings is 1. The topological polar surface area (TPSA) is 62.7 Å². The van der Waals surface area contributed by atoms with Gasteiger partial charge in [0.2, 0.25) is 0 Å². The Morgan fingerprint density at radius 2 is 2.20 bits per heavy atom. The van der Waals surface area contributed by atoms with Crippen LogP contribution in [0.2, 0.25) is 0 Å². The smallest absolute Gasteiger partial charge is 0.259 e. The van der Waals surface area contributed by atoms with Gasteiger partial charge in [0.25, 0.3) is 5.91 Å². The minimum absolute atomic E-state index is 0.127. The molecule has 1 amide bonds. The first-order valence-corrected chi connectivity index (χ1v) is 6.90. The van der Waals surface area contributed by atoms with Crippen LogP contribution < -0.4 is 15.5 Å².